The Labute approximate surface area is 282 Å². The number of amides is 3. The Morgan fingerprint density at radius 3 is 2.04 bits per heavy atom. The predicted molar refractivity (Wildman–Crippen MR) is 185 cm³/mol. The molecule has 9 heteroatoms. The van der Waals surface area contributed by atoms with Gasteiger partial charge in [0.15, 0.2) is 0 Å². The van der Waals surface area contributed by atoms with Crippen molar-refractivity contribution in [1.82, 2.24) is 24.5 Å². The summed E-state index contributed by atoms with van der Waals surface area (Å²) >= 11 is 6.26. The highest BCUT2D eigenvalue weighted by Gasteiger charge is 2.51. The predicted octanol–water partition coefficient (Wildman–Crippen LogP) is 5.49. The molecular weight excluding hydrogens is 598 g/mol. The SMILES string of the molecule is CC(=O)N(C1CCC(C)(C)CC1)[C@H]1C[C@@H](C(=O)N2CCN(C(C)C)CC2)N(C(=O)[C@H]2CN(C(C)(C)C)C[C@H]2c2ccc(Cl)cc2)C1. The molecule has 4 fully saturated rings. The van der Waals surface area contributed by atoms with Crippen LogP contribution in [0.1, 0.15) is 99.0 Å². The van der Waals surface area contributed by atoms with Crippen LogP contribution in [-0.2, 0) is 14.4 Å². The average Bonchev–Trinajstić information content (AvgIpc) is 3.64. The van der Waals surface area contributed by atoms with Crippen molar-refractivity contribution in [2.24, 2.45) is 11.3 Å². The molecule has 3 heterocycles. The third-order valence-electron chi connectivity index (χ3n) is 11.5. The molecule has 1 saturated carbocycles. The van der Waals surface area contributed by atoms with Gasteiger partial charge in [0.1, 0.15) is 6.04 Å². The second kappa shape index (κ2) is 13.8. The zero-order valence-corrected chi connectivity index (χ0v) is 30.4. The van der Waals surface area contributed by atoms with Crippen molar-refractivity contribution in [3.05, 3.63) is 34.9 Å². The molecule has 0 radical (unpaired) electrons. The summed E-state index contributed by atoms with van der Waals surface area (Å²) in [5.41, 5.74) is 1.29. The molecule has 3 amide bonds. The van der Waals surface area contributed by atoms with Crippen molar-refractivity contribution in [3.63, 3.8) is 0 Å². The van der Waals surface area contributed by atoms with E-state index in [9.17, 15) is 14.4 Å². The van der Waals surface area contributed by atoms with Crippen LogP contribution in [-0.4, -0.2) is 118 Å². The number of benzene rings is 1. The number of piperazine rings is 1. The summed E-state index contributed by atoms with van der Waals surface area (Å²) in [4.78, 5) is 53.4. The van der Waals surface area contributed by atoms with Gasteiger partial charge in [-0.2, -0.15) is 0 Å². The molecule has 4 atom stereocenters. The third-order valence-corrected chi connectivity index (χ3v) is 11.8. The molecule has 256 valence electrons. The summed E-state index contributed by atoms with van der Waals surface area (Å²) in [5, 5.41) is 0.679. The van der Waals surface area contributed by atoms with Gasteiger partial charge in [-0.05, 0) is 89.8 Å². The molecule has 1 aliphatic carbocycles. The number of nitrogens with zero attached hydrogens (tertiary/aromatic N) is 5. The topological polar surface area (TPSA) is 67.4 Å². The molecule has 3 saturated heterocycles. The van der Waals surface area contributed by atoms with Gasteiger partial charge in [0.2, 0.25) is 17.7 Å². The largest absolute Gasteiger partial charge is 0.338 e. The lowest BCUT2D eigenvalue weighted by Gasteiger charge is -2.42. The highest BCUT2D eigenvalue weighted by Crippen LogP contribution is 2.41. The summed E-state index contributed by atoms with van der Waals surface area (Å²) in [6, 6.07) is 7.78. The first-order valence-electron chi connectivity index (χ1n) is 17.7. The molecule has 0 unspecified atom stereocenters. The molecule has 0 aromatic heterocycles. The van der Waals surface area contributed by atoms with Crippen molar-refractivity contribution >= 4 is 29.3 Å². The fourth-order valence-corrected chi connectivity index (χ4v) is 8.63. The van der Waals surface area contributed by atoms with Crippen molar-refractivity contribution < 1.29 is 14.4 Å². The Balaban J connectivity index is 1.44. The van der Waals surface area contributed by atoms with Gasteiger partial charge in [-0.1, -0.05) is 37.6 Å². The second-order valence-electron chi connectivity index (χ2n) is 16.5. The van der Waals surface area contributed by atoms with E-state index in [4.69, 9.17) is 11.6 Å². The number of hydrogen-bond acceptors (Lipinski definition) is 5. The number of likely N-dealkylation sites (tertiary alicyclic amines) is 2. The lowest BCUT2D eigenvalue weighted by Crippen LogP contribution is -2.56. The van der Waals surface area contributed by atoms with E-state index in [0.29, 0.717) is 43.7 Å². The third kappa shape index (κ3) is 7.60. The molecule has 0 N–H and O–H groups in total. The zero-order valence-electron chi connectivity index (χ0n) is 29.6. The summed E-state index contributed by atoms with van der Waals surface area (Å²) in [7, 11) is 0. The lowest BCUT2D eigenvalue weighted by atomic mass is 9.75. The summed E-state index contributed by atoms with van der Waals surface area (Å²) in [5.74, 6) is -0.145. The molecule has 8 nitrogen and oxygen atoms in total. The number of hydrogen-bond donors (Lipinski definition) is 0. The van der Waals surface area contributed by atoms with Crippen molar-refractivity contribution in [2.45, 2.75) is 123 Å². The quantitative estimate of drug-likeness (QED) is 0.405. The van der Waals surface area contributed by atoms with Crippen LogP contribution in [0, 0.1) is 11.3 Å². The van der Waals surface area contributed by atoms with Crippen molar-refractivity contribution in [1.29, 1.82) is 0 Å². The molecule has 1 aromatic carbocycles. The lowest BCUT2D eigenvalue weighted by molar-refractivity contribution is -0.147. The zero-order chi connectivity index (χ0) is 33.6. The van der Waals surface area contributed by atoms with E-state index in [1.54, 1.807) is 6.92 Å². The normalized spacial score (nSPS) is 28.2. The summed E-state index contributed by atoms with van der Waals surface area (Å²) < 4.78 is 0. The number of halogens is 1. The fourth-order valence-electron chi connectivity index (χ4n) is 8.50. The van der Waals surface area contributed by atoms with E-state index < -0.39 is 6.04 Å². The molecule has 0 spiro atoms. The first-order chi connectivity index (χ1) is 21.6. The van der Waals surface area contributed by atoms with Crippen LogP contribution < -0.4 is 0 Å². The Bertz CT molecular complexity index is 1240. The minimum absolute atomic E-state index is 0.00198. The average molecular weight is 656 g/mol. The molecule has 46 heavy (non-hydrogen) atoms. The van der Waals surface area contributed by atoms with E-state index >= 15 is 0 Å². The minimum Gasteiger partial charge on any atom is -0.338 e. The van der Waals surface area contributed by atoms with Gasteiger partial charge in [-0.25, -0.2) is 0 Å². The highest BCUT2D eigenvalue weighted by atomic mass is 35.5. The van der Waals surface area contributed by atoms with Gasteiger partial charge in [-0.3, -0.25) is 24.2 Å². The van der Waals surface area contributed by atoms with Crippen LogP contribution in [0.25, 0.3) is 0 Å². The van der Waals surface area contributed by atoms with E-state index in [1.807, 2.05) is 34.1 Å². The number of rotatable bonds is 6. The Kier molecular flexibility index (Phi) is 10.5. The van der Waals surface area contributed by atoms with Crippen LogP contribution in [0.2, 0.25) is 5.02 Å². The maximum atomic E-state index is 14.9. The van der Waals surface area contributed by atoms with Gasteiger partial charge in [-0.15, -0.1) is 0 Å². The van der Waals surface area contributed by atoms with Crippen LogP contribution in [0.3, 0.4) is 0 Å². The molecule has 1 aromatic rings. The smallest absolute Gasteiger partial charge is 0.245 e. The standard InChI is InChI=1S/C37H58ClN5O3/c1-25(2)39-17-19-40(20-18-39)35(46)33-21-30(43(26(3)44)29-13-15-37(7,8)16-14-29)22-42(33)34(45)32-24-41(36(4,5)6)23-31(32)27-9-11-28(38)12-10-27/h9-12,25,29-33H,13-24H2,1-8H3/t30-,31-,32-,33-/m0/s1. The maximum Gasteiger partial charge on any atom is 0.245 e. The number of carbonyl (C=O) groups is 3. The molecule has 3 aliphatic heterocycles. The van der Waals surface area contributed by atoms with Crippen LogP contribution >= 0.6 is 11.6 Å². The molecular formula is C37H58ClN5O3. The van der Waals surface area contributed by atoms with E-state index in [2.05, 4.69) is 63.2 Å². The monoisotopic (exact) mass is 655 g/mol. The Morgan fingerprint density at radius 2 is 1.50 bits per heavy atom. The van der Waals surface area contributed by atoms with Gasteiger partial charge >= 0.3 is 0 Å². The fraction of sp³-hybridized carbons (Fsp3) is 0.757. The van der Waals surface area contributed by atoms with Gasteiger partial charge in [0.25, 0.3) is 0 Å². The molecule has 4 aliphatic rings. The van der Waals surface area contributed by atoms with Gasteiger partial charge in [0, 0.05) is 81.3 Å². The maximum absolute atomic E-state index is 14.9. The highest BCUT2D eigenvalue weighted by molar-refractivity contribution is 6.30. The van der Waals surface area contributed by atoms with Gasteiger partial charge in [0.05, 0.1) is 12.0 Å². The van der Waals surface area contributed by atoms with E-state index in [1.165, 1.54) is 0 Å². The second-order valence-corrected chi connectivity index (χ2v) is 16.9. The van der Waals surface area contributed by atoms with E-state index in [0.717, 1.165) is 50.9 Å². The first-order valence-corrected chi connectivity index (χ1v) is 18.1. The molecule has 0 bridgehead atoms. The summed E-state index contributed by atoms with van der Waals surface area (Å²) in [6.45, 7) is 22.1. The Hall–Kier alpha value is -2.16. The number of carbonyl (C=O) groups excluding carboxylic acids is 3. The van der Waals surface area contributed by atoms with Gasteiger partial charge < -0.3 is 14.7 Å². The van der Waals surface area contributed by atoms with Crippen LogP contribution in [0.4, 0.5) is 0 Å². The van der Waals surface area contributed by atoms with Crippen LogP contribution in [0.15, 0.2) is 24.3 Å². The summed E-state index contributed by atoms with van der Waals surface area (Å²) in [6.07, 6.45) is 4.60. The molecule has 5 rings (SSSR count). The van der Waals surface area contributed by atoms with Crippen LogP contribution in [0.5, 0.6) is 0 Å². The Morgan fingerprint density at radius 1 is 0.891 bits per heavy atom. The van der Waals surface area contributed by atoms with Crippen molar-refractivity contribution in [3.8, 4) is 0 Å². The van der Waals surface area contributed by atoms with Crippen molar-refractivity contribution in [2.75, 3.05) is 45.8 Å². The minimum atomic E-state index is -0.556. The van der Waals surface area contributed by atoms with E-state index in [-0.39, 0.29) is 52.6 Å². The first kappa shape index (κ1) is 35.2.